The summed E-state index contributed by atoms with van der Waals surface area (Å²) in [6.45, 7) is 4.54. The lowest BCUT2D eigenvalue weighted by molar-refractivity contribution is 0.375. The van der Waals surface area contributed by atoms with Crippen molar-refractivity contribution in [3.8, 4) is 0 Å². The zero-order chi connectivity index (χ0) is 15.2. The molecule has 1 heteroatoms. The Labute approximate surface area is 133 Å². The maximum Gasteiger partial charge on any atom is 0.102 e. The summed E-state index contributed by atoms with van der Waals surface area (Å²) in [4.78, 5) is 0. The second-order valence-electron chi connectivity index (χ2n) is 6.68. The fourth-order valence-electron chi connectivity index (χ4n) is 2.94. The minimum atomic E-state index is 0.458. The molecule has 0 aromatic rings. The van der Waals surface area contributed by atoms with Crippen molar-refractivity contribution >= 4 is 0 Å². The summed E-state index contributed by atoms with van der Waals surface area (Å²) in [5, 5.41) is 0. The van der Waals surface area contributed by atoms with Crippen molar-refractivity contribution in [2.45, 2.75) is 116 Å². The van der Waals surface area contributed by atoms with Crippen LogP contribution in [0.25, 0.3) is 0 Å². The number of allylic oxidation sites excluding steroid dienone is 1. The van der Waals surface area contributed by atoms with E-state index in [0.717, 1.165) is 0 Å². The van der Waals surface area contributed by atoms with Gasteiger partial charge in [0, 0.05) is 0 Å². The van der Waals surface area contributed by atoms with E-state index in [1.54, 1.807) is 0 Å². The van der Waals surface area contributed by atoms with Crippen LogP contribution in [0.4, 0.5) is 0 Å². The van der Waals surface area contributed by atoms with Gasteiger partial charge in [0.05, 0.1) is 6.10 Å². The molecular formula is C20H38O. The molecule has 0 bridgehead atoms. The molecule has 0 aromatic carbocycles. The number of hydrogen-bond donors (Lipinski definition) is 0. The summed E-state index contributed by atoms with van der Waals surface area (Å²) in [6, 6.07) is 0. The van der Waals surface area contributed by atoms with Gasteiger partial charge in [-0.15, -0.1) is 0 Å². The lowest BCUT2D eigenvalue weighted by Gasteiger charge is -2.01. The molecule has 1 aliphatic rings. The van der Waals surface area contributed by atoms with E-state index in [9.17, 15) is 0 Å². The van der Waals surface area contributed by atoms with Gasteiger partial charge in [0.15, 0.2) is 0 Å². The van der Waals surface area contributed by atoms with Crippen molar-refractivity contribution in [1.82, 2.24) is 0 Å². The highest BCUT2D eigenvalue weighted by Gasteiger charge is 2.34. The van der Waals surface area contributed by atoms with E-state index in [1.165, 1.54) is 89.9 Å². The first-order valence-electron chi connectivity index (χ1n) is 9.70. The Morgan fingerprint density at radius 3 is 1.90 bits per heavy atom. The van der Waals surface area contributed by atoms with Crippen LogP contribution in [0.2, 0.25) is 0 Å². The SMILES string of the molecule is CCCCCCCCCCCCC=C[C@H]1O[C@@H]1CCCC. The largest absolute Gasteiger partial charge is 0.365 e. The highest BCUT2D eigenvalue weighted by molar-refractivity contribution is 5.02. The summed E-state index contributed by atoms with van der Waals surface area (Å²) in [7, 11) is 0. The molecule has 1 rings (SSSR count). The van der Waals surface area contributed by atoms with Crippen LogP contribution in [0.1, 0.15) is 104 Å². The molecule has 21 heavy (non-hydrogen) atoms. The van der Waals surface area contributed by atoms with Crippen molar-refractivity contribution in [1.29, 1.82) is 0 Å². The van der Waals surface area contributed by atoms with Crippen LogP contribution >= 0.6 is 0 Å². The fraction of sp³-hybridized carbons (Fsp3) is 0.900. The normalized spacial score (nSPS) is 21.2. The van der Waals surface area contributed by atoms with E-state index in [-0.39, 0.29) is 0 Å². The summed E-state index contributed by atoms with van der Waals surface area (Å²) >= 11 is 0. The van der Waals surface area contributed by atoms with Crippen LogP contribution in [-0.2, 0) is 4.74 Å². The molecule has 1 heterocycles. The molecule has 124 valence electrons. The predicted octanol–water partition coefficient (Wildman–Crippen LogP) is 6.81. The highest BCUT2D eigenvalue weighted by Crippen LogP contribution is 2.28. The first-order valence-corrected chi connectivity index (χ1v) is 9.70. The van der Waals surface area contributed by atoms with Crippen molar-refractivity contribution in [2.75, 3.05) is 0 Å². The third-order valence-electron chi connectivity index (χ3n) is 4.51. The zero-order valence-corrected chi connectivity index (χ0v) is 14.6. The van der Waals surface area contributed by atoms with E-state index < -0.39 is 0 Å². The van der Waals surface area contributed by atoms with Gasteiger partial charge < -0.3 is 4.74 Å². The summed E-state index contributed by atoms with van der Waals surface area (Å²) in [5.74, 6) is 0. The molecule has 0 saturated carbocycles. The lowest BCUT2D eigenvalue weighted by atomic mass is 10.1. The van der Waals surface area contributed by atoms with Crippen molar-refractivity contribution in [3.05, 3.63) is 12.2 Å². The number of ether oxygens (including phenoxy) is 1. The van der Waals surface area contributed by atoms with Gasteiger partial charge in [0.2, 0.25) is 0 Å². The minimum Gasteiger partial charge on any atom is -0.365 e. The molecule has 0 amide bonds. The summed E-state index contributed by atoms with van der Waals surface area (Å²) in [6.07, 6.45) is 25.0. The van der Waals surface area contributed by atoms with Gasteiger partial charge in [0.1, 0.15) is 6.10 Å². The maximum absolute atomic E-state index is 5.63. The number of unbranched alkanes of at least 4 members (excludes halogenated alkanes) is 11. The minimum absolute atomic E-state index is 0.458. The van der Waals surface area contributed by atoms with Crippen molar-refractivity contribution in [2.24, 2.45) is 0 Å². The molecular weight excluding hydrogens is 256 g/mol. The second kappa shape index (κ2) is 13.4. The monoisotopic (exact) mass is 294 g/mol. The van der Waals surface area contributed by atoms with Crippen molar-refractivity contribution < 1.29 is 4.74 Å². The van der Waals surface area contributed by atoms with Crippen LogP contribution < -0.4 is 0 Å². The van der Waals surface area contributed by atoms with Crippen LogP contribution in [0, 0.1) is 0 Å². The molecule has 1 aliphatic heterocycles. The quantitative estimate of drug-likeness (QED) is 0.183. The Morgan fingerprint density at radius 2 is 1.29 bits per heavy atom. The van der Waals surface area contributed by atoms with E-state index >= 15 is 0 Å². The third-order valence-corrected chi connectivity index (χ3v) is 4.51. The first-order chi connectivity index (χ1) is 10.4. The molecule has 1 nitrogen and oxygen atoms in total. The number of rotatable bonds is 15. The molecule has 1 fully saturated rings. The Bertz CT molecular complexity index is 246. The highest BCUT2D eigenvalue weighted by atomic mass is 16.6. The Balaban J connectivity index is 1.75. The van der Waals surface area contributed by atoms with Gasteiger partial charge >= 0.3 is 0 Å². The van der Waals surface area contributed by atoms with Gasteiger partial charge in [-0.3, -0.25) is 0 Å². The van der Waals surface area contributed by atoms with E-state index in [1.807, 2.05) is 0 Å². The molecule has 0 aliphatic carbocycles. The Kier molecular flexibility index (Phi) is 11.9. The fourth-order valence-corrected chi connectivity index (χ4v) is 2.94. The van der Waals surface area contributed by atoms with Crippen LogP contribution in [-0.4, -0.2) is 12.2 Å². The van der Waals surface area contributed by atoms with Gasteiger partial charge in [-0.2, -0.15) is 0 Å². The molecule has 2 atom stereocenters. The average molecular weight is 295 g/mol. The van der Waals surface area contributed by atoms with Crippen LogP contribution in [0.3, 0.4) is 0 Å². The molecule has 1 saturated heterocycles. The topological polar surface area (TPSA) is 12.5 Å². The van der Waals surface area contributed by atoms with Gasteiger partial charge in [-0.1, -0.05) is 96.6 Å². The standard InChI is InChI=1S/C20H38O/c1-3-5-7-8-9-10-11-12-13-14-15-16-18-20-19(21-20)17-6-4-2/h16,18-20H,3-15,17H2,1-2H3/t19-,20-/m1/s1. The van der Waals surface area contributed by atoms with E-state index in [0.29, 0.717) is 12.2 Å². The molecule has 0 radical (unpaired) electrons. The molecule has 0 spiro atoms. The predicted molar refractivity (Wildman–Crippen MR) is 93.8 cm³/mol. The molecule has 0 N–H and O–H groups in total. The van der Waals surface area contributed by atoms with Crippen molar-refractivity contribution in [3.63, 3.8) is 0 Å². The number of hydrogen-bond acceptors (Lipinski definition) is 1. The van der Waals surface area contributed by atoms with Gasteiger partial charge in [-0.05, 0) is 19.3 Å². The Morgan fingerprint density at radius 1 is 0.714 bits per heavy atom. The van der Waals surface area contributed by atoms with Gasteiger partial charge in [-0.25, -0.2) is 0 Å². The lowest BCUT2D eigenvalue weighted by Crippen LogP contribution is -1.89. The first kappa shape index (κ1) is 18.7. The second-order valence-corrected chi connectivity index (χ2v) is 6.68. The molecule has 0 aromatic heterocycles. The smallest absolute Gasteiger partial charge is 0.102 e. The van der Waals surface area contributed by atoms with E-state index in [4.69, 9.17) is 4.74 Å². The third kappa shape index (κ3) is 11.0. The average Bonchev–Trinajstić information content (AvgIpc) is 3.24. The Hall–Kier alpha value is -0.300. The summed E-state index contributed by atoms with van der Waals surface area (Å²) in [5.41, 5.74) is 0. The van der Waals surface area contributed by atoms with E-state index in [2.05, 4.69) is 26.0 Å². The zero-order valence-electron chi connectivity index (χ0n) is 14.6. The van der Waals surface area contributed by atoms with Gasteiger partial charge in [0.25, 0.3) is 0 Å². The van der Waals surface area contributed by atoms with Crippen LogP contribution in [0.15, 0.2) is 12.2 Å². The van der Waals surface area contributed by atoms with Crippen LogP contribution in [0.5, 0.6) is 0 Å². The summed E-state index contributed by atoms with van der Waals surface area (Å²) < 4.78 is 5.63. The number of epoxide rings is 1. The molecule has 0 unspecified atom stereocenters. The maximum atomic E-state index is 5.63.